The third-order valence-corrected chi connectivity index (χ3v) is 3.65. The first-order valence-corrected chi connectivity index (χ1v) is 7.10. The molecule has 1 unspecified atom stereocenters. The first kappa shape index (κ1) is 16.3. The molecule has 5 heteroatoms. The average molecular weight is 295 g/mol. The van der Waals surface area contributed by atoms with Crippen molar-refractivity contribution in [3.8, 4) is 6.07 Å². The summed E-state index contributed by atoms with van der Waals surface area (Å²) in [5, 5.41) is 21.4. The van der Waals surface area contributed by atoms with Crippen LogP contribution in [0.4, 0.5) is 5.69 Å². The molecule has 0 bridgehead atoms. The van der Waals surface area contributed by atoms with Gasteiger partial charge >= 0.3 is 5.97 Å². The first-order chi connectivity index (χ1) is 9.58. The van der Waals surface area contributed by atoms with Gasteiger partial charge in [0.2, 0.25) is 0 Å². The van der Waals surface area contributed by atoms with Crippen LogP contribution in [0.25, 0.3) is 0 Å². The van der Waals surface area contributed by atoms with Crippen molar-refractivity contribution < 1.29 is 9.90 Å². The summed E-state index contributed by atoms with van der Waals surface area (Å²) >= 11 is 5.96. The van der Waals surface area contributed by atoms with Gasteiger partial charge in [-0.25, -0.2) is 0 Å². The molecule has 1 atom stereocenters. The fraction of sp³-hybridized carbons (Fsp3) is 0.467. The lowest BCUT2D eigenvalue weighted by Gasteiger charge is -2.15. The number of halogens is 1. The highest BCUT2D eigenvalue weighted by molar-refractivity contribution is 6.32. The van der Waals surface area contributed by atoms with Gasteiger partial charge < -0.3 is 10.4 Å². The number of nitrogens with one attached hydrogen (secondary N) is 1. The molecule has 0 fully saturated rings. The number of carboxylic acid groups (broad SMARTS) is 1. The SMILES string of the molecule is CCC(CCNc1cccc(Cl)c1C#N)CCC(=O)O. The van der Waals surface area contributed by atoms with Crippen molar-refractivity contribution in [1.29, 1.82) is 5.26 Å². The van der Waals surface area contributed by atoms with Crippen LogP contribution in [0.3, 0.4) is 0 Å². The number of hydrogen-bond acceptors (Lipinski definition) is 3. The van der Waals surface area contributed by atoms with Crippen LogP contribution in [0.5, 0.6) is 0 Å². The van der Waals surface area contributed by atoms with E-state index in [1.165, 1.54) is 0 Å². The Bertz CT molecular complexity index is 497. The van der Waals surface area contributed by atoms with E-state index in [1.54, 1.807) is 12.1 Å². The predicted molar refractivity (Wildman–Crippen MR) is 79.9 cm³/mol. The van der Waals surface area contributed by atoms with Crippen molar-refractivity contribution in [2.45, 2.75) is 32.6 Å². The first-order valence-electron chi connectivity index (χ1n) is 6.72. The van der Waals surface area contributed by atoms with Gasteiger partial charge in [-0.1, -0.05) is 31.0 Å². The highest BCUT2D eigenvalue weighted by atomic mass is 35.5. The Kier molecular flexibility index (Phi) is 6.89. The van der Waals surface area contributed by atoms with Gasteiger partial charge in [-0.3, -0.25) is 4.79 Å². The summed E-state index contributed by atoms with van der Waals surface area (Å²) in [4.78, 5) is 10.6. The monoisotopic (exact) mass is 294 g/mol. The van der Waals surface area contributed by atoms with Crippen LogP contribution in [-0.2, 0) is 4.79 Å². The summed E-state index contributed by atoms with van der Waals surface area (Å²) in [6, 6.07) is 7.39. The van der Waals surface area contributed by atoms with Crippen molar-refractivity contribution in [3.63, 3.8) is 0 Å². The molecule has 0 aliphatic heterocycles. The highest BCUT2D eigenvalue weighted by Gasteiger charge is 2.10. The molecule has 0 aromatic heterocycles. The lowest BCUT2D eigenvalue weighted by Crippen LogP contribution is -2.11. The van der Waals surface area contributed by atoms with Crippen LogP contribution in [0.1, 0.15) is 38.2 Å². The lowest BCUT2D eigenvalue weighted by molar-refractivity contribution is -0.137. The van der Waals surface area contributed by atoms with Crippen LogP contribution < -0.4 is 5.32 Å². The van der Waals surface area contributed by atoms with Gasteiger partial charge in [0, 0.05) is 13.0 Å². The Balaban J connectivity index is 2.49. The summed E-state index contributed by atoms with van der Waals surface area (Å²) < 4.78 is 0. The van der Waals surface area contributed by atoms with Crippen LogP contribution in [-0.4, -0.2) is 17.6 Å². The molecule has 4 nitrogen and oxygen atoms in total. The molecule has 20 heavy (non-hydrogen) atoms. The Morgan fingerprint density at radius 2 is 2.25 bits per heavy atom. The van der Waals surface area contributed by atoms with E-state index in [4.69, 9.17) is 22.0 Å². The molecule has 0 heterocycles. The van der Waals surface area contributed by atoms with E-state index in [0.717, 1.165) is 18.5 Å². The van der Waals surface area contributed by atoms with Gasteiger partial charge in [0.25, 0.3) is 0 Å². The van der Waals surface area contributed by atoms with Gasteiger partial charge in [0.1, 0.15) is 6.07 Å². The maximum atomic E-state index is 10.6. The quantitative estimate of drug-likeness (QED) is 0.762. The minimum atomic E-state index is -0.752. The number of carbonyl (C=O) groups is 1. The molecular formula is C15H19ClN2O2. The largest absolute Gasteiger partial charge is 0.481 e. The van der Waals surface area contributed by atoms with Gasteiger partial charge in [-0.2, -0.15) is 5.26 Å². The molecule has 0 saturated carbocycles. The molecule has 0 amide bonds. The van der Waals surface area contributed by atoms with Crippen LogP contribution in [0.15, 0.2) is 18.2 Å². The van der Waals surface area contributed by atoms with E-state index in [1.807, 2.05) is 6.07 Å². The number of benzene rings is 1. The summed E-state index contributed by atoms with van der Waals surface area (Å²) in [5.74, 6) is -0.374. The van der Waals surface area contributed by atoms with Crippen LogP contribution >= 0.6 is 11.6 Å². The number of nitrogens with zero attached hydrogens (tertiary/aromatic N) is 1. The summed E-state index contributed by atoms with van der Waals surface area (Å²) in [5.41, 5.74) is 1.18. The summed E-state index contributed by atoms with van der Waals surface area (Å²) in [6.45, 7) is 2.76. The van der Waals surface area contributed by atoms with Crippen molar-refractivity contribution in [3.05, 3.63) is 28.8 Å². The van der Waals surface area contributed by atoms with E-state index in [-0.39, 0.29) is 6.42 Å². The fourth-order valence-corrected chi connectivity index (χ4v) is 2.29. The predicted octanol–water partition coefficient (Wildman–Crippen LogP) is 3.90. The molecule has 0 saturated heterocycles. The fourth-order valence-electron chi connectivity index (χ4n) is 2.08. The molecule has 1 rings (SSSR count). The molecular weight excluding hydrogens is 276 g/mol. The van der Waals surface area contributed by atoms with Gasteiger partial charge in [-0.15, -0.1) is 0 Å². The molecule has 1 aromatic rings. The zero-order valence-electron chi connectivity index (χ0n) is 11.5. The maximum Gasteiger partial charge on any atom is 0.303 e. The van der Waals surface area contributed by atoms with Crippen molar-refractivity contribution in [2.75, 3.05) is 11.9 Å². The molecule has 0 aliphatic rings. The maximum absolute atomic E-state index is 10.6. The topological polar surface area (TPSA) is 73.1 Å². The van der Waals surface area contributed by atoms with E-state index >= 15 is 0 Å². The molecule has 108 valence electrons. The van der Waals surface area contributed by atoms with E-state index in [0.29, 0.717) is 29.5 Å². The van der Waals surface area contributed by atoms with E-state index in [2.05, 4.69) is 18.3 Å². The van der Waals surface area contributed by atoms with Crippen LogP contribution in [0.2, 0.25) is 5.02 Å². The average Bonchev–Trinajstić information content (AvgIpc) is 2.42. The second-order valence-corrected chi connectivity index (χ2v) is 5.10. The number of carboxylic acids is 1. The Labute approximate surface area is 124 Å². The number of anilines is 1. The minimum Gasteiger partial charge on any atom is -0.481 e. The van der Waals surface area contributed by atoms with Crippen molar-refractivity contribution >= 4 is 23.3 Å². The third kappa shape index (κ3) is 5.10. The number of nitriles is 1. The second kappa shape index (κ2) is 8.44. The van der Waals surface area contributed by atoms with E-state index < -0.39 is 5.97 Å². The minimum absolute atomic E-state index is 0.207. The third-order valence-electron chi connectivity index (χ3n) is 3.34. The van der Waals surface area contributed by atoms with Crippen molar-refractivity contribution in [2.24, 2.45) is 5.92 Å². The number of hydrogen-bond donors (Lipinski definition) is 2. The zero-order valence-corrected chi connectivity index (χ0v) is 12.3. The standard InChI is InChI=1S/C15H19ClN2O2/c1-2-11(6-7-15(19)20)8-9-18-14-5-3-4-13(16)12(14)10-17/h3-5,11,18H,2,6-9H2,1H3,(H,19,20). The molecule has 0 spiro atoms. The second-order valence-electron chi connectivity index (χ2n) is 4.70. The van der Waals surface area contributed by atoms with E-state index in [9.17, 15) is 4.79 Å². The van der Waals surface area contributed by atoms with Crippen molar-refractivity contribution in [1.82, 2.24) is 0 Å². The number of rotatable bonds is 8. The summed E-state index contributed by atoms with van der Waals surface area (Å²) in [7, 11) is 0. The zero-order chi connectivity index (χ0) is 15.0. The molecule has 0 radical (unpaired) electrons. The number of aliphatic carboxylic acids is 1. The van der Waals surface area contributed by atoms with Gasteiger partial charge in [0.15, 0.2) is 0 Å². The normalized spacial score (nSPS) is 11.7. The van der Waals surface area contributed by atoms with Gasteiger partial charge in [0.05, 0.1) is 16.3 Å². The Morgan fingerprint density at radius 1 is 1.50 bits per heavy atom. The lowest BCUT2D eigenvalue weighted by atomic mass is 9.96. The smallest absolute Gasteiger partial charge is 0.303 e. The Hall–Kier alpha value is -1.73. The Morgan fingerprint density at radius 3 is 2.85 bits per heavy atom. The molecule has 1 aromatic carbocycles. The molecule has 2 N–H and O–H groups in total. The van der Waals surface area contributed by atoms with Gasteiger partial charge in [-0.05, 0) is 30.9 Å². The van der Waals surface area contributed by atoms with Crippen LogP contribution in [0, 0.1) is 17.2 Å². The highest BCUT2D eigenvalue weighted by Crippen LogP contribution is 2.24. The summed E-state index contributed by atoms with van der Waals surface area (Å²) in [6.07, 6.45) is 2.73. The molecule has 0 aliphatic carbocycles.